The summed E-state index contributed by atoms with van der Waals surface area (Å²) >= 11 is 12.8. The summed E-state index contributed by atoms with van der Waals surface area (Å²) in [7, 11) is 3.03. The molecule has 0 spiro atoms. The number of nitrogens with one attached hydrogen (secondary N) is 2. The van der Waals surface area contributed by atoms with Crippen LogP contribution in [0.25, 0.3) is 0 Å². The van der Waals surface area contributed by atoms with Crippen LogP contribution in [-0.4, -0.2) is 30.7 Å². The highest BCUT2D eigenvalue weighted by molar-refractivity contribution is 6.37. The molecule has 7 nitrogen and oxygen atoms in total. The van der Waals surface area contributed by atoms with E-state index in [4.69, 9.17) is 43.8 Å². The van der Waals surface area contributed by atoms with Gasteiger partial charge in [0.25, 0.3) is 0 Å². The summed E-state index contributed by atoms with van der Waals surface area (Å²) in [6.07, 6.45) is 8.47. The summed E-state index contributed by atoms with van der Waals surface area (Å²) in [4.78, 5) is 8.66. The molecule has 1 aromatic heterocycles. The standard InChI is InChI=1S/C23H22Cl2N4O3/c1-5-9-26-17-8-6-7-14(2)22(17)29-23-27-11-15(12-28-23)32-13-16-20(24)18(30-3)10-19(31-4)21(16)25/h1,6-8,10-12,26H,9,13H2,2-4H3,(H,27,28,29). The zero-order chi connectivity index (χ0) is 23.1. The third-order valence-corrected chi connectivity index (χ3v) is 5.40. The molecule has 3 aromatic rings. The van der Waals surface area contributed by atoms with Crippen molar-refractivity contribution in [3.8, 4) is 29.6 Å². The predicted molar refractivity (Wildman–Crippen MR) is 128 cm³/mol. The zero-order valence-electron chi connectivity index (χ0n) is 17.8. The van der Waals surface area contributed by atoms with E-state index in [2.05, 4.69) is 26.5 Å². The van der Waals surface area contributed by atoms with Gasteiger partial charge in [0.2, 0.25) is 5.95 Å². The van der Waals surface area contributed by atoms with Crippen LogP contribution >= 0.6 is 23.2 Å². The molecule has 0 radical (unpaired) electrons. The van der Waals surface area contributed by atoms with Crippen molar-refractivity contribution in [3.05, 3.63) is 57.8 Å². The Balaban J connectivity index is 1.74. The van der Waals surface area contributed by atoms with Gasteiger partial charge in [0.15, 0.2) is 5.75 Å². The topological polar surface area (TPSA) is 77.5 Å². The zero-order valence-corrected chi connectivity index (χ0v) is 19.3. The number of benzene rings is 2. The Morgan fingerprint density at radius 2 is 1.72 bits per heavy atom. The fourth-order valence-corrected chi connectivity index (χ4v) is 3.52. The Morgan fingerprint density at radius 3 is 2.31 bits per heavy atom. The average molecular weight is 473 g/mol. The highest BCUT2D eigenvalue weighted by Crippen LogP contribution is 2.40. The van der Waals surface area contributed by atoms with Gasteiger partial charge in [0, 0.05) is 11.6 Å². The van der Waals surface area contributed by atoms with Crippen molar-refractivity contribution in [1.29, 1.82) is 0 Å². The smallest absolute Gasteiger partial charge is 0.227 e. The second-order valence-corrected chi connectivity index (χ2v) is 7.35. The van der Waals surface area contributed by atoms with Crippen LogP contribution in [0.15, 0.2) is 36.7 Å². The molecule has 0 aliphatic carbocycles. The number of anilines is 3. The maximum Gasteiger partial charge on any atom is 0.227 e. The minimum Gasteiger partial charge on any atom is -0.495 e. The van der Waals surface area contributed by atoms with E-state index in [0.717, 1.165) is 16.9 Å². The van der Waals surface area contributed by atoms with E-state index in [-0.39, 0.29) is 6.61 Å². The molecule has 1 heterocycles. The number of terminal acetylenes is 1. The average Bonchev–Trinajstić information content (AvgIpc) is 2.80. The molecule has 0 unspecified atom stereocenters. The summed E-state index contributed by atoms with van der Waals surface area (Å²) in [5.74, 6) is 4.30. The Hall–Kier alpha value is -3.34. The van der Waals surface area contributed by atoms with Crippen molar-refractivity contribution in [2.45, 2.75) is 13.5 Å². The van der Waals surface area contributed by atoms with Crippen LogP contribution in [0, 0.1) is 19.3 Å². The van der Waals surface area contributed by atoms with Crippen LogP contribution in [0.4, 0.5) is 17.3 Å². The van der Waals surface area contributed by atoms with Crippen LogP contribution < -0.4 is 24.8 Å². The van der Waals surface area contributed by atoms with Crippen molar-refractivity contribution in [3.63, 3.8) is 0 Å². The van der Waals surface area contributed by atoms with Crippen molar-refractivity contribution >= 4 is 40.5 Å². The van der Waals surface area contributed by atoms with Crippen LogP contribution in [-0.2, 0) is 6.61 Å². The van der Waals surface area contributed by atoms with E-state index in [1.807, 2.05) is 25.1 Å². The molecule has 0 aliphatic heterocycles. The molecular formula is C23H22Cl2N4O3. The number of halogens is 2. The summed E-state index contributed by atoms with van der Waals surface area (Å²) in [6.45, 7) is 2.47. The second kappa shape index (κ2) is 10.8. The first-order chi connectivity index (χ1) is 15.5. The van der Waals surface area contributed by atoms with E-state index in [1.165, 1.54) is 14.2 Å². The lowest BCUT2D eigenvalue weighted by atomic mass is 10.1. The van der Waals surface area contributed by atoms with E-state index in [9.17, 15) is 0 Å². The van der Waals surface area contributed by atoms with Crippen LogP contribution in [0.1, 0.15) is 11.1 Å². The predicted octanol–water partition coefficient (Wildman–Crippen LogP) is 5.48. The first-order valence-electron chi connectivity index (χ1n) is 9.56. The third kappa shape index (κ3) is 5.28. The van der Waals surface area contributed by atoms with E-state index in [1.54, 1.807) is 18.5 Å². The summed E-state index contributed by atoms with van der Waals surface area (Å²) < 4.78 is 16.3. The van der Waals surface area contributed by atoms with Gasteiger partial charge in [-0.2, -0.15) is 0 Å². The fourth-order valence-electron chi connectivity index (χ4n) is 2.91. The van der Waals surface area contributed by atoms with E-state index >= 15 is 0 Å². The van der Waals surface area contributed by atoms with E-state index < -0.39 is 0 Å². The number of hydrogen-bond acceptors (Lipinski definition) is 7. The lowest BCUT2D eigenvalue weighted by molar-refractivity contribution is 0.301. The number of hydrogen-bond donors (Lipinski definition) is 2. The van der Waals surface area contributed by atoms with E-state index in [0.29, 0.717) is 45.4 Å². The molecule has 3 rings (SSSR count). The van der Waals surface area contributed by atoms with Gasteiger partial charge in [-0.3, -0.25) is 0 Å². The molecule has 2 N–H and O–H groups in total. The van der Waals surface area contributed by atoms with Gasteiger partial charge >= 0.3 is 0 Å². The molecule has 0 atom stereocenters. The molecule has 0 bridgehead atoms. The van der Waals surface area contributed by atoms with Crippen LogP contribution in [0.2, 0.25) is 10.0 Å². The largest absolute Gasteiger partial charge is 0.495 e. The van der Waals surface area contributed by atoms with Gasteiger partial charge in [-0.05, 0) is 18.6 Å². The van der Waals surface area contributed by atoms with Gasteiger partial charge in [-0.1, -0.05) is 41.3 Å². The number of para-hydroxylation sites is 1. The van der Waals surface area contributed by atoms with Crippen LogP contribution in [0.3, 0.4) is 0 Å². The number of ether oxygens (including phenoxy) is 3. The Bertz CT molecular complexity index is 1100. The minimum absolute atomic E-state index is 0.0827. The van der Waals surface area contributed by atoms with Crippen molar-refractivity contribution in [1.82, 2.24) is 9.97 Å². The number of aryl methyl sites for hydroxylation is 1. The molecular weight excluding hydrogens is 451 g/mol. The minimum atomic E-state index is 0.0827. The van der Waals surface area contributed by atoms with Crippen LogP contribution in [0.5, 0.6) is 17.2 Å². The summed E-state index contributed by atoms with van der Waals surface area (Å²) in [5, 5.41) is 7.10. The maximum atomic E-state index is 6.39. The molecule has 32 heavy (non-hydrogen) atoms. The number of rotatable bonds is 9. The molecule has 2 aromatic carbocycles. The fraction of sp³-hybridized carbons (Fsp3) is 0.217. The molecule has 0 saturated carbocycles. The quantitative estimate of drug-likeness (QED) is 0.399. The molecule has 9 heteroatoms. The van der Waals surface area contributed by atoms with Crippen molar-refractivity contribution in [2.75, 3.05) is 31.4 Å². The highest BCUT2D eigenvalue weighted by Gasteiger charge is 2.18. The monoisotopic (exact) mass is 472 g/mol. The molecule has 0 amide bonds. The Kier molecular flexibility index (Phi) is 7.87. The first-order valence-corrected chi connectivity index (χ1v) is 10.3. The Labute approximate surface area is 197 Å². The highest BCUT2D eigenvalue weighted by atomic mass is 35.5. The summed E-state index contributed by atoms with van der Waals surface area (Å²) in [6, 6.07) is 7.48. The first kappa shape index (κ1) is 23.3. The number of aromatic nitrogens is 2. The number of nitrogens with zero attached hydrogens (tertiary/aromatic N) is 2. The third-order valence-electron chi connectivity index (χ3n) is 4.57. The lowest BCUT2D eigenvalue weighted by Crippen LogP contribution is -2.06. The lowest BCUT2D eigenvalue weighted by Gasteiger charge is -2.16. The van der Waals surface area contributed by atoms with Gasteiger partial charge in [0.1, 0.15) is 18.1 Å². The second-order valence-electron chi connectivity index (χ2n) is 6.60. The Morgan fingerprint density at radius 1 is 1.06 bits per heavy atom. The van der Waals surface area contributed by atoms with Gasteiger partial charge in [0.05, 0.1) is 54.6 Å². The molecule has 0 aliphatic rings. The molecule has 166 valence electrons. The van der Waals surface area contributed by atoms with Gasteiger partial charge in [-0.15, -0.1) is 6.42 Å². The maximum absolute atomic E-state index is 6.39. The molecule has 0 fully saturated rings. The van der Waals surface area contributed by atoms with Gasteiger partial charge < -0.3 is 24.8 Å². The molecule has 0 saturated heterocycles. The van der Waals surface area contributed by atoms with Crippen molar-refractivity contribution in [2.24, 2.45) is 0 Å². The number of methoxy groups -OCH3 is 2. The van der Waals surface area contributed by atoms with Crippen molar-refractivity contribution < 1.29 is 14.2 Å². The summed E-state index contributed by atoms with van der Waals surface area (Å²) in [5.41, 5.74) is 3.27. The van der Waals surface area contributed by atoms with Gasteiger partial charge in [-0.25, -0.2) is 9.97 Å². The SMILES string of the molecule is C#CCNc1cccc(C)c1Nc1ncc(OCc2c(Cl)c(OC)cc(OC)c2Cl)cn1. The normalized spacial score (nSPS) is 10.2.